The maximum absolute atomic E-state index is 11.4. The van der Waals surface area contributed by atoms with Crippen molar-refractivity contribution >= 4 is 23.0 Å². The zero-order chi connectivity index (χ0) is 15.4. The number of nitro groups is 1. The molecule has 0 saturated heterocycles. The highest BCUT2D eigenvalue weighted by atomic mass is 16.6. The van der Waals surface area contributed by atoms with Crippen LogP contribution in [0.25, 0.3) is 0 Å². The molecule has 1 aliphatic heterocycles. The summed E-state index contributed by atoms with van der Waals surface area (Å²) in [5, 5.41) is 23.1. The van der Waals surface area contributed by atoms with E-state index in [1.165, 1.54) is 13.2 Å². The zero-order valence-electron chi connectivity index (χ0n) is 11.7. The van der Waals surface area contributed by atoms with Crippen LogP contribution in [-0.4, -0.2) is 49.4 Å². The summed E-state index contributed by atoms with van der Waals surface area (Å²) in [6, 6.07) is 3.00. The minimum Gasteiger partial charge on any atom is -0.395 e. The summed E-state index contributed by atoms with van der Waals surface area (Å²) in [7, 11) is 1.54. The van der Waals surface area contributed by atoms with E-state index in [2.05, 4.69) is 5.32 Å². The number of carbonyl (C=O) groups excluding carboxylic acids is 1. The molecule has 8 nitrogen and oxygen atoms in total. The third kappa shape index (κ3) is 3.29. The SMILES string of the molecule is COCCN(CCO)c1cc2c(cc1[N+](=O)[O-])CC(=O)N2. The standard InChI is InChI=1S/C13H17N3O5/c1-21-5-3-15(2-4-17)11-8-10-9(7-13(18)14-10)6-12(11)16(19)20/h6,8,17H,2-5,7H2,1H3,(H,14,18). The first-order chi connectivity index (χ1) is 10.1. The van der Waals surface area contributed by atoms with Gasteiger partial charge in [-0.2, -0.15) is 0 Å². The second-order valence-corrected chi connectivity index (χ2v) is 4.68. The number of benzene rings is 1. The monoisotopic (exact) mass is 295 g/mol. The summed E-state index contributed by atoms with van der Waals surface area (Å²) in [5.74, 6) is -0.179. The van der Waals surface area contributed by atoms with Gasteiger partial charge in [0, 0.05) is 32.0 Å². The first-order valence-corrected chi connectivity index (χ1v) is 6.52. The number of rotatable bonds is 7. The summed E-state index contributed by atoms with van der Waals surface area (Å²) in [5.41, 5.74) is 1.49. The second kappa shape index (κ2) is 6.51. The lowest BCUT2D eigenvalue weighted by atomic mass is 10.1. The molecule has 114 valence electrons. The predicted molar refractivity (Wildman–Crippen MR) is 76.6 cm³/mol. The minimum atomic E-state index is -0.477. The number of nitro benzene ring substituents is 1. The molecule has 0 bridgehead atoms. The van der Waals surface area contributed by atoms with Crippen molar-refractivity contribution in [2.45, 2.75) is 6.42 Å². The van der Waals surface area contributed by atoms with E-state index in [-0.39, 0.29) is 31.2 Å². The van der Waals surface area contributed by atoms with E-state index in [4.69, 9.17) is 9.84 Å². The van der Waals surface area contributed by atoms with Crippen LogP contribution in [0.15, 0.2) is 12.1 Å². The Balaban J connectivity index is 2.41. The van der Waals surface area contributed by atoms with Crippen LogP contribution in [0.3, 0.4) is 0 Å². The average Bonchev–Trinajstić information content (AvgIpc) is 2.81. The number of aliphatic hydroxyl groups excluding tert-OH is 1. The number of carbonyl (C=O) groups is 1. The van der Waals surface area contributed by atoms with Crippen LogP contribution in [0.4, 0.5) is 17.1 Å². The second-order valence-electron chi connectivity index (χ2n) is 4.68. The highest BCUT2D eigenvalue weighted by Crippen LogP contribution is 2.36. The lowest BCUT2D eigenvalue weighted by Gasteiger charge is -2.23. The number of amides is 1. The summed E-state index contributed by atoms with van der Waals surface area (Å²) >= 11 is 0. The molecule has 0 atom stereocenters. The minimum absolute atomic E-state index is 0.0743. The van der Waals surface area contributed by atoms with Gasteiger partial charge in [-0.25, -0.2) is 0 Å². The number of methoxy groups -OCH3 is 1. The van der Waals surface area contributed by atoms with Crippen molar-refractivity contribution in [3.05, 3.63) is 27.8 Å². The fourth-order valence-electron chi connectivity index (χ4n) is 2.32. The third-order valence-corrected chi connectivity index (χ3v) is 3.30. The molecule has 1 aromatic rings. The molecule has 0 radical (unpaired) electrons. The third-order valence-electron chi connectivity index (χ3n) is 3.30. The van der Waals surface area contributed by atoms with E-state index >= 15 is 0 Å². The Morgan fingerprint density at radius 1 is 1.48 bits per heavy atom. The van der Waals surface area contributed by atoms with E-state index in [1.807, 2.05) is 0 Å². The van der Waals surface area contributed by atoms with Gasteiger partial charge in [0.1, 0.15) is 5.69 Å². The van der Waals surface area contributed by atoms with Crippen LogP contribution >= 0.6 is 0 Å². The van der Waals surface area contributed by atoms with Gasteiger partial charge in [0.25, 0.3) is 5.69 Å². The Bertz CT molecular complexity index is 561. The van der Waals surface area contributed by atoms with Gasteiger partial charge in [0.15, 0.2) is 0 Å². The molecule has 2 rings (SSSR count). The van der Waals surface area contributed by atoms with Gasteiger partial charge in [-0.1, -0.05) is 0 Å². The molecule has 1 aliphatic rings. The van der Waals surface area contributed by atoms with Crippen LogP contribution in [0, 0.1) is 10.1 Å². The van der Waals surface area contributed by atoms with Crippen LogP contribution in [-0.2, 0) is 16.0 Å². The number of hydrogen-bond donors (Lipinski definition) is 2. The van der Waals surface area contributed by atoms with Crippen molar-refractivity contribution in [2.75, 3.05) is 43.6 Å². The molecular formula is C13H17N3O5. The number of hydrogen-bond acceptors (Lipinski definition) is 6. The Hall–Kier alpha value is -2.19. The Kier molecular flexibility index (Phi) is 4.71. The highest BCUT2D eigenvalue weighted by Gasteiger charge is 2.27. The smallest absolute Gasteiger partial charge is 0.292 e. The topological polar surface area (TPSA) is 105 Å². The quantitative estimate of drug-likeness (QED) is 0.561. The molecule has 0 aliphatic carbocycles. The first kappa shape index (κ1) is 15.2. The Morgan fingerprint density at radius 2 is 2.24 bits per heavy atom. The van der Waals surface area contributed by atoms with E-state index in [0.717, 1.165) is 0 Å². The fraction of sp³-hybridized carbons (Fsp3) is 0.462. The van der Waals surface area contributed by atoms with Crippen molar-refractivity contribution < 1.29 is 19.6 Å². The number of nitrogens with zero attached hydrogens (tertiary/aromatic N) is 2. The highest BCUT2D eigenvalue weighted by molar-refractivity contribution is 6.00. The van der Waals surface area contributed by atoms with Crippen LogP contribution in [0.2, 0.25) is 0 Å². The Labute approximate surface area is 121 Å². The van der Waals surface area contributed by atoms with Crippen molar-refractivity contribution in [1.29, 1.82) is 0 Å². The molecular weight excluding hydrogens is 278 g/mol. The van der Waals surface area contributed by atoms with Gasteiger partial charge in [-0.15, -0.1) is 0 Å². The number of nitrogens with one attached hydrogen (secondary N) is 1. The number of ether oxygens (including phenoxy) is 1. The van der Waals surface area contributed by atoms with Crippen LogP contribution < -0.4 is 10.2 Å². The van der Waals surface area contributed by atoms with Gasteiger partial charge >= 0.3 is 0 Å². The van der Waals surface area contributed by atoms with Crippen LogP contribution in [0.5, 0.6) is 0 Å². The molecule has 0 spiro atoms. The fourth-order valence-corrected chi connectivity index (χ4v) is 2.32. The van der Waals surface area contributed by atoms with Crippen molar-refractivity contribution in [2.24, 2.45) is 0 Å². The first-order valence-electron chi connectivity index (χ1n) is 6.52. The van der Waals surface area contributed by atoms with Crippen LogP contribution in [0.1, 0.15) is 5.56 Å². The average molecular weight is 295 g/mol. The van der Waals surface area contributed by atoms with Crippen molar-refractivity contribution in [1.82, 2.24) is 0 Å². The van der Waals surface area contributed by atoms with Crippen molar-refractivity contribution in [3.63, 3.8) is 0 Å². The molecule has 1 amide bonds. The van der Waals surface area contributed by atoms with Gasteiger partial charge in [0.05, 0.1) is 24.6 Å². The maximum Gasteiger partial charge on any atom is 0.292 e. The number of fused-ring (bicyclic) bond motifs is 1. The normalized spacial score (nSPS) is 13.0. The molecule has 0 aromatic heterocycles. The summed E-state index contributed by atoms with van der Waals surface area (Å²) < 4.78 is 4.99. The van der Waals surface area contributed by atoms with E-state index in [9.17, 15) is 14.9 Å². The lowest BCUT2D eigenvalue weighted by Crippen LogP contribution is -2.30. The number of anilines is 2. The van der Waals surface area contributed by atoms with E-state index in [0.29, 0.717) is 30.1 Å². The van der Waals surface area contributed by atoms with Gasteiger partial charge in [-0.05, 0) is 11.6 Å². The molecule has 8 heteroatoms. The predicted octanol–water partition coefficient (Wildman–Crippen LogP) is 0.534. The van der Waals surface area contributed by atoms with E-state index < -0.39 is 4.92 Å². The van der Waals surface area contributed by atoms with Gasteiger partial charge in [-0.3, -0.25) is 14.9 Å². The molecule has 0 saturated carbocycles. The summed E-state index contributed by atoms with van der Waals surface area (Å²) in [6.45, 7) is 0.895. The summed E-state index contributed by atoms with van der Waals surface area (Å²) in [6.07, 6.45) is 0.147. The Morgan fingerprint density at radius 3 is 2.86 bits per heavy atom. The number of aliphatic hydroxyl groups is 1. The zero-order valence-corrected chi connectivity index (χ0v) is 11.7. The maximum atomic E-state index is 11.4. The summed E-state index contributed by atoms with van der Waals surface area (Å²) in [4.78, 5) is 23.9. The van der Waals surface area contributed by atoms with Gasteiger partial charge < -0.3 is 20.1 Å². The van der Waals surface area contributed by atoms with Gasteiger partial charge in [0.2, 0.25) is 5.91 Å². The van der Waals surface area contributed by atoms with Crippen molar-refractivity contribution in [3.8, 4) is 0 Å². The molecule has 1 aromatic carbocycles. The molecule has 21 heavy (non-hydrogen) atoms. The van der Waals surface area contributed by atoms with E-state index in [1.54, 1.807) is 11.0 Å². The largest absolute Gasteiger partial charge is 0.395 e. The molecule has 1 heterocycles. The molecule has 0 fully saturated rings. The molecule has 2 N–H and O–H groups in total. The lowest BCUT2D eigenvalue weighted by molar-refractivity contribution is -0.384. The molecule has 0 unspecified atom stereocenters.